The minimum Gasteiger partial charge on any atom is -0.334 e. The highest BCUT2D eigenvalue weighted by Gasteiger charge is 2.49. The van der Waals surface area contributed by atoms with Crippen molar-refractivity contribution in [1.82, 2.24) is 10.2 Å². The molecule has 1 N–H and O–H groups in total. The van der Waals surface area contributed by atoms with Gasteiger partial charge in [-0.1, -0.05) is 30.3 Å². The highest BCUT2D eigenvalue weighted by Crippen LogP contribution is 2.42. The van der Waals surface area contributed by atoms with E-state index >= 15 is 0 Å². The van der Waals surface area contributed by atoms with Gasteiger partial charge in [0.15, 0.2) is 0 Å². The third-order valence-corrected chi connectivity index (χ3v) is 5.79. The number of carbonyl (C=O) groups excluding carboxylic acids is 2. The molecule has 0 aromatic heterocycles. The minimum atomic E-state index is -0.312. The maximum absolute atomic E-state index is 13.3. The third kappa shape index (κ3) is 3.59. The van der Waals surface area contributed by atoms with Gasteiger partial charge < -0.3 is 15.1 Å². The summed E-state index contributed by atoms with van der Waals surface area (Å²) in [5.41, 5.74) is 2.58. The molecule has 4 rings (SSSR count). The summed E-state index contributed by atoms with van der Waals surface area (Å²) < 4.78 is 13.3. The first-order valence-corrected chi connectivity index (χ1v) is 9.59. The Morgan fingerprint density at radius 1 is 1.18 bits per heavy atom. The number of rotatable bonds is 3. The van der Waals surface area contributed by atoms with Gasteiger partial charge in [0.2, 0.25) is 5.91 Å². The van der Waals surface area contributed by atoms with Gasteiger partial charge in [-0.05, 0) is 42.7 Å². The van der Waals surface area contributed by atoms with Gasteiger partial charge in [-0.3, -0.25) is 4.79 Å². The van der Waals surface area contributed by atoms with Gasteiger partial charge in [0.1, 0.15) is 5.82 Å². The zero-order valence-corrected chi connectivity index (χ0v) is 16.0. The Morgan fingerprint density at radius 2 is 2.00 bits per heavy atom. The van der Waals surface area contributed by atoms with E-state index in [-0.39, 0.29) is 29.7 Å². The average molecular weight is 381 g/mol. The zero-order chi connectivity index (χ0) is 19.7. The van der Waals surface area contributed by atoms with Crippen LogP contribution in [0, 0.1) is 18.2 Å². The number of likely N-dealkylation sites (tertiary alicyclic amines) is 1. The maximum atomic E-state index is 13.3. The number of nitrogens with zero attached hydrogens (tertiary/aromatic N) is 2. The van der Waals surface area contributed by atoms with E-state index in [1.807, 2.05) is 36.1 Å². The highest BCUT2D eigenvalue weighted by atomic mass is 19.1. The number of anilines is 1. The van der Waals surface area contributed by atoms with E-state index < -0.39 is 0 Å². The smallest absolute Gasteiger partial charge is 0.317 e. The summed E-state index contributed by atoms with van der Waals surface area (Å²) in [5, 5.41) is 2.86. The van der Waals surface area contributed by atoms with Gasteiger partial charge in [-0.25, -0.2) is 9.18 Å². The molecule has 6 heteroatoms. The Bertz CT molecular complexity index is 916. The summed E-state index contributed by atoms with van der Waals surface area (Å²) in [6.45, 7) is 4.13. The average Bonchev–Trinajstić information content (AvgIpc) is 3.23. The topological polar surface area (TPSA) is 52.6 Å². The molecule has 2 aromatic carbocycles. The number of amides is 3. The van der Waals surface area contributed by atoms with Gasteiger partial charge in [0.05, 0.1) is 0 Å². The number of aryl methyl sites for hydroxylation is 1. The molecule has 2 saturated heterocycles. The molecular formula is C22H24FN3O2. The molecule has 5 nitrogen and oxygen atoms in total. The fourth-order valence-corrected chi connectivity index (χ4v) is 4.30. The van der Waals surface area contributed by atoms with Crippen LogP contribution in [0.5, 0.6) is 0 Å². The Balaban J connectivity index is 1.39. The summed E-state index contributed by atoms with van der Waals surface area (Å²) in [4.78, 5) is 28.9. The molecule has 2 aliphatic rings. The Labute approximate surface area is 164 Å². The second-order valence-corrected chi connectivity index (χ2v) is 7.90. The monoisotopic (exact) mass is 381 g/mol. The van der Waals surface area contributed by atoms with Gasteiger partial charge in [0, 0.05) is 43.7 Å². The predicted octanol–water partition coefficient (Wildman–Crippen LogP) is 3.47. The maximum Gasteiger partial charge on any atom is 0.317 e. The fraction of sp³-hybridized carbons (Fsp3) is 0.364. The first kappa shape index (κ1) is 18.5. The molecule has 3 amide bonds. The molecule has 1 atom stereocenters. The van der Waals surface area contributed by atoms with Gasteiger partial charge in [0.25, 0.3) is 0 Å². The lowest BCUT2D eigenvalue weighted by Gasteiger charge is -2.25. The van der Waals surface area contributed by atoms with Gasteiger partial charge >= 0.3 is 6.03 Å². The van der Waals surface area contributed by atoms with Crippen LogP contribution in [0.2, 0.25) is 0 Å². The quantitative estimate of drug-likeness (QED) is 0.885. The summed E-state index contributed by atoms with van der Waals surface area (Å²) in [7, 11) is 0. The van der Waals surface area contributed by atoms with Crippen LogP contribution in [-0.4, -0.2) is 36.5 Å². The van der Waals surface area contributed by atoms with Crippen LogP contribution in [0.1, 0.15) is 24.0 Å². The number of benzene rings is 2. The molecule has 0 unspecified atom stereocenters. The fourth-order valence-electron chi connectivity index (χ4n) is 4.30. The van der Waals surface area contributed by atoms with Crippen LogP contribution >= 0.6 is 0 Å². The Morgan fingerprint density at radius 3 is 2.79 bits per heavy atom. The van der Waals surface area contributed by atoms with E-state index in [4.69, 9.17) is 0 Å². The van der Waals surface area contributed by atoms with E-state index in [9.17, 15) is 14.0 Å². The van der Waals surface area contributed by atoms with Crippen LogP contribution < -0.4 is 10.2 Å². The summed E-state index contributed by atoms with van der Waals surface area (Å²) in [6.07, 6.45) is 1.28. The van der Waals surface area contributed by atoms with E-state index in [1.165, 1.54) is 12.1 Å². The molecule has 28 heavy (non-hydrogen) atoms. The number of urea groups is 1. The van der Waals surface area contributed by atoms with Crippen molar-refractivity contribution < 1.29 is 14.0 Å². The largest absolute Gasteiger partial charge is 0.334 e. The molecule has 0 radical (unpaired) electrons. The summed E-state index contributed by atoms with van der Waals surface area (Å²) in [5.74, 6) is -0.191. The Hall–Kier alpha value is -2.89. The molecule has 2 heterocycles. The lowest BCUT2D eigenvalue weighted by Crippen LogP contribution is -2.40. The van der Waals surface area contributed by atoms with Crippen molar-refractivity contribution in [2.75, 3.05) is 24.5 Å². The molecule has 2 aliphatic heterocycles. The summed E-state index contributed by atoms with van der Waals surface area (Å²) >= 11 is 0. The SMILES string of the molecule is Cc1ccccc1N1C[C@@]2(CCN(C(=O)NCc3cccc(F)c3)C2)CC1=O. The van der Waals surface area contributed by atoms with Crippen molar-refractivity contribution in [3.05, 3.63) is 65.5 Å². The lowest BCUT2D eigenvalue weighted by molar-refractivity contribution is -0.117. The van der Waals surface area contributed by atoms with Crippen LogP contribution in [0.3, 0.4) is 0 Å². The van der Waals surface area contributed by atoms with Crippen LogP contribution in [0.4, 0.5) is 14.9 Å². The van der Waals surface area contributed by atoms with Crippen molar-refractivity contribution in [3.8, 4) is 0 Å². The predicted molar refractivity (Wildman–Crippen MR) is 105 cm³/mol. The molecule has 0 aliphatic carbocycles. The number of hydrogen-bond acceptors (Lipinski definition) is 2. The number of halogens is 1. The molecule has 2 aromatic rings. The number of hydrogen-bond donors (Lipinski definition) is 1. The number of nitrogens with one attached hydrogen (secondary N) is 1. The first-order chi connectivity index (χ1) is 13.5. The highest BCUT2D eigenvalue weighted by molar-refractivity contribution is 5.97. The Kier molecular flexibility index (Phi) is 4.79. The molecular weight excluding hydrogens is 357 g/mol. The van der Waals surface area contributed by atoms with E-state index in [2.05, 4.69) is 5.32 Å². The van der Waals surface area contributed by atoms with E-state index in [0.717, 1.165) is 23.2 Å². The molecule has 0 bridgehead atoms. The number of para-hydroxylation sites is 1. The molecule has 1 spiro atoms. The van der Waals surface area contributed by atoms with Gasteiger partial charge in [-0.15, -0.1) is 0 Å². The lowest BCUT2D eigenvalue weighted by atomic mass is 9.86. The minimum absolute atomic E-state index is 0.122. The molecule has 0 saturated carbocycles. The van der Waals surface area contributed by atoms with E-state index in [1.54, 1.807) is 17.0 Å². The van der Waals surface area contributed by atoms with Crippen molar-refractivity contribution >= 4 is 17.6 Å². The standard InChI is InChI=1S/C22H24FN3O2/c1-16-5-2-3-8-19(16)26-15-22(12-20(26)27)9-10-25(14-22)21(28)24-13-17-6-4-7-18(23)11-17/h2-8,11H,9-10,12-15H2,1H3,(H,24,28)/t22-/m0/s1. The first-order valence-electron chi connectivity index (χ1n) is 9.59. The van der Waals surface area contributed by atoms with Crippen LogP contribution in [0.15, 0.2) is 48.5 Å². The van der Waals surface area contributed by atoms with Crippen molar-refractivity contribution in [3.63, 3.8) is 0 Å². The van der Waals surface area contributed by atoms with Crippen molar-refractivity contribution in [1.29, 1.82) is 0 Å². The van der Waals surface area contributed by atoms with Crippen LogP contribution in [-0.2, 0) is 11.3 Å². The number of carbonyl (C=O) groups is 2. The van der Waals surface area contributed by atoms with Crippen molar-refractivity contribution in [2.45, 2.75) is 26.3 Å². The van der Waals surface area contributed by atoms with E-state index in [0.29, 0.717) is 26.1 Å². The zero-order valence-electron chi connectivity index (χ0n) is 16.0. The summed E-state index contributed by atoms with van der Waals surface area (Å²) in [6, 6.07) is 13.9. The molecule has 2 fully saturated rings. The third-order valence-electron chi connectivity index (χ3n) is 5.79. The van der Waals surface area contributed by atoms with Gasteiger partial charge in [-0.2, -0.15) is 0 Å². The van der Waals surface area contributed by atoms with Crippen LogP contribution in [0.25, 0.3) is 0 Å². The van der Waals surface area contributed by atoms with Crippen molar-refractivity contribution in [2.24, 2.45) is 5.41 Å². The normalized spacial score (nSPS) is 21.6. The second-order valence-electron chi connectivity index (χ2n) is 7.90. The second kappa shape index (κ2) is 7.26. The molecule has 146 valence electrons.